The van der Waals surface area contributed by atoms with Crippen molar-refractivity contribution in [3.63, 3.8) is 0 Å². The lowest BCUT2D eigenvalue weighted by Gasteiger charge is -2.34. The van der Waals surface area contributed by atoms with Crippen molar-refractivity contribution in [1.82, 2.24) is 4.90 Å². The van der Waals surface area contributed by atoms with E-state index in [4.69, 9.17) is 5.73 Å². The summed E-state index contributed by atoms with van der Waals surface area (Å²) in [5, 5.41) is 2.15. The van der Waals surface area contributed by atoms with Gasteiger partial charge in [0.05, 0.1) is 0 Å². The van der Waals surface area contributed by atoms with E-state index >= 15 is 0 Å². The summed E-state index contributed by atoms with van der Waals surface area (Å²) in [5.74, 6) is -0.144. The van der Waals surface area contributed by atoms with Crippen LogP contribution in [0.4, 0.5) is 4.39 Å². The van der Waals surface area contributed by atoms with Crippen molar-refractivity contribution < 1.29 is 4.39 Å². The maximum atomic E-state index is 13.8. The number of aryl methyl sites for hydroxylation is 1. The highest BCUT2D eigenvalue weighted by Gasteiger charge is 2.24. The fraction of sp³-hybridized carbons (Fsp3) is 0.375. The highest BCUT2D eigenvalue weighted by molar-refractivity contribution is 7.10. The number of hydrogen-bond acceptors (Lipinski definition) is 3. The van der Waals surface area contributed by atoms with E-state index in [9.17, 15) is 4.39 Å². The van der Waals surface area contributed by atoms with Gasteiger partial charge in [0.2, 0.25) is 0 Å². The minimum absolute atomic E-state index is 0.0955. The van der Waals surface area contributed by atoms with Crippen LogP contribution in [0.3, 0.4) is 0 Å². The maximum absolute atomic E-state index is 13.8. The van der Waals surface area contributed by atoms with Crippen LogP contribution in [0.25, 0.3) is 0 Å². The number of fused-ring (bicyclic) bond motifs is 1. The predicted molar refractivity (Wildman–Crippen MR) is 81.4 cm³/mol. The molecule has 1 aliphatic rings. The average molecular weight is 290 g/mol. The zero-order valence-electron chi connectivity index (χ0n) is 11.6. The van der Waals surface area contributed by atoms with Gasteiger partial charge in [0.15, 0.2) is 0 Å². The van der Waals surface area contributed by atoms with Crippen LogP contribution in [0.15, 0.2) is 29.6 Å². The first-order valence-corrected chi connectivity index (χ1v) is 7.82. The third-order valence-corrected chi connectivity index (χ3v) is 5.10. The van der Waals surface area contributed by atoms with Crippen LogP contribution < -0.4 is 5.73 Å². The molecule has 0 amide bonds. The van der Waals surface area contributed by atoms with Crippen molar-refractivity contribution in [2.24, 2.45) is 5.73 Å². The highest BCUT2D eigenvalue weighted by atomic mass is 32.1. The number of halogens is 1. The number of thiophene rings is 1. The first-order valence-electron chi connectivity index (χ1n) is 6.94. The Morgan fingerprint density at radius 3 is 3.00 bits per heavy atom. The molecule has 0 radical (unpaired) electrons. The van der Waals surface area contributed by atoms with Gasteiger partial charge in [-0.2, -0.15) is 0 Å². The Hall–Kier alpha value is -1.23. The normalized spacial score (nSPS) is 16.9. The third-order valence-electron chi connectivity index (χ3n) is 4.08. The number of rotatable bonds is 3. The molecular formula is C16H19FN2S. The number of hydrogen-bond donors (Lipinski definition) is 1. The molecule has 106 valence electrons. The van der Waals surface area contributed by atoms with Crippen molar-refractivity contribution in [2.75, 3.05) is 13.1 Å². The van der Waals surface area contributed by atoms with E-state index in [0.29, 0.717) is 12.1 Å². The van der Waals surface area contributed by atoms with Crippen molar-refractivity contribution in [2.45, 2.75) is 25.9 Å². The first-order chi connectivity index (χ1) is 9.69. The number of nitrogens with two attached hydrogens (primary N) is 1. The largest absolute Gasteiger partial charge is 0.329 e. The summed E-state index contributed by atoms with van der Waals surface area (Å²) in [6.07, 6.45) is 1.07. The molecule has 0 saturated heterocycles. The summed E-state index contributed by atoms with van der Waals surface area (Å²) in [5.41, 5.74) is 9.02. The zero-order valence-corrected chi connectivity index (χ0v) is 12.4. The zero-order chi connectivity index (χ0) is 14.1. The Morgan fingerprint density at radius 1 is 1.40 bits per heavy atom. The van der Waals surface area contributed by atoms with Gasteiger partial charge in [-0.25, -0.2) is 4.39 Å². The summed E-state index contributed by atoms with van der Waals surface area (Å²) in [7, 11) is 0. The predicted octanol–water partition coefficient (Wildman–Crippen LogP) is 3.25. The summed E-state index contributed by atoms with van der Waals surface area (Å²) >= 11 is 1.83. The van der Waals surface area contributed by atoms with E-state index in [2.05, 4.69) is 16.3 Å². The Kier molecular flexibility index (Phi) is 3.87. The molecule has 1 unspecified atom stereocenters. The first kappa shape index (κ1) is 13.7. The standard InChI is InChI=1S/C16H19FN2S/c1-11-2-3-12(8-14(11)17)15(9-18)19-6-4-16-13(10-19)5-7-20-16/h2-3,5,7-8,15H,4,6,9-10,18H2,1H3. The van der Waals surface area contributed by atoms with Gasteiger partial charge in [0.1, 0.15) is 5.82 Å². The molecule has 2 heterocycles. The van der Waals surface area contributed by atoms with Crippen LogP contribution in [0.2, 0.25) is 0 Å². The second-order valence-electron chi connectivity index (χ2n) is 5.35. The smallest absolute Gasteiger partial charge is 0.126 e. The Balaban J connectivity index is 1.85. The quantitative estimate of drug-likeness (QED) is 0.940. The van der Waals surface area contributed by atoms with E-state index in [1.54, 1.807) is 13.0 Å². The monoisotopic (exact) mass is 290 g/mol. The molecule has 0 aliphatic carbocycles. The second-order valence-corrected chi connectivity index (χ2v) is 6.35. The Morgan fingerprint density at radius 2 is 2.25 bits per heavy atom. The lowest BCUT2D eigenvalue weighted by Crippen LogP contribution is -2.37. The van der Waals surface area contributed by atoms with Crippen LogP contribution in [0.5, 0.6) is 0 Å². The van der Waals surface area contributed by atoms with E-state index < -0.39 is 0 Å². The van der Waals surface area contributed by atoms with E-state index in [1.165, 1.54) is 10.4 Å². The molecule has 0 saturated carbocycles. The van der Waals surface area contributed by atoms with Gasteiger partial charge in [-0.15, -0.1) is 11.3 Å². The number of benzene rings is 1. The maximum Gasteiger partial charge on any atom is 0.126 e. The van der Waals surface area contributed by atoms with E-state index in [0.717, 1.165) is 25.1 Å². The van der Waals surface area contributed by atoms with Crippen LogP contribution >= 0.6 is 11.3 Å². The lowest BCUT2D eigenvalue weighted by molar-refractivity contribution is 0.185. The van der Waals surface area contributed by atoms with Gasteiger partial charge in [0.25, 0.3) is 0 Å². The van der Waals surface area contributed by atoms with Gasteiger partial charge >= 0.3 is 0 Å². The molecule has 2 nitrogen and oxygen atoms in total. The third kappa shape index (κ3) is 2.51. The lowest BCUT2D eigenvalue weighted by atomic mass is 10.00. The topological polar surface area (TPSA) is 29.3 Å². The van der Waals surface area contributed by atoms with Crippen molar-refractivity contribution in [3.8, 4) is 0 Å². The molecule has 3 rings (SSSR count). The van der Waals surface area contributed by atoms with E-state index in [-0.39, 0.29) is 11.9 Å². The minimum atomic E-state index is -0.144. The van der Waals surface area contributed by atoms with Crippen LogP contribution in [-0.4, -0.2) is 18.0 Å². The van der Waals surface area contributed by atoms with Gasteiger partial charge in [-0.3, -0.25) is 4.90 Å². The summed E-state index contributed by atoms with van der Waals surface area (Å²) in [6.45, 7) is 4.21. The molecule has 0 bridgehead atoms. The molecule has 1 atom stereocenters. The highest BCUT2D eigenvalue weighted by Crippen LogP contribution is 2.30. The fourth-order valence-corrected chi connectivity index (χ4v) is 3.74. The van der Waals surface area contributed by atoms with Gasteiger partial charge < -0.3 is 5.73 Å². The van der Waals surface area contributed by atoms with Crippen molar-refractivity contribution >= 4 is 11.3 Å². The molecule has 0 spiro atoms. The van der Waals surface area contributed by atoms with Gasteiger partial charge in [-0.05, 0) is 47.5 Å². The number of nitrogens with zero attached hydrogens (tertiary/aromatic N) is 1. The summed E-state index contributed by atoms with van der Waals surface area (Å²) in [6, 6.07) is 7.76. The van der Waals surface area contributed by atoms with Crippen LogP contribution in [0.1, 0.15) is 27.6 Å². The minimum Gasteiger partial charge on any atom is -0.329 e. The SMILES string of the molecule is Cc1ccc(C(CN)N2CCc3sccc3C2)cc1F. The Bertz CT molecular complexity index is 608. The van der Waals surface area contributed by atoms with Gasteiger partial charge in [-0.1, -0.05) is 12.1 Å². The van der Waals surface area contributed by atoms with Crippen LogP contribution in [-0.2, 0) is 13.0 Å². The van der Waals surface area contributed by atoms with Crippen molar-refractivity contribution in [1.29, 1.82) is 0 Å². The molecule has 4 heteroatoms. The summed E-state index contributed by atoms with van der Waals surface area (Å²) < 4.78 is 13.8. The van der Waals surface area contributed by atoms with Gasteiger partial charge in [0, 0.05) is 30.6 Å². The van der Waals surface area contributed by atoms with Crippen LogP contribution in [0, 0.1) is 12.7 Å². The molecule has 0 fully saturated rings. The molecule has 2 N–H and O–H groups in total. The molecule has 2 aromatic rings. The molecule has 1 aliphatic heterocycles. The second kappa shape index (κ2) is 5.64. The summed E-state index contributed by atoms with van der Waals surface area (Å²) in [4.78, 5) is 3.84. The van der Waals surface area contributed by atoms with E-state index in [1.807, 2.05) is 23.5 Å². The molecule has 1 aromatic heterocycles. The van der Waals surface area contributed by atoms with Crippen molar-refractivity contribution in [3.05, 3.63) is 57.0 Å². The Labute approximate surface area is 123 Å². The average Bonchev–Trinajstić information content (AvgIpc) is 2.91. The molecular weight excluding hydrogens is 271 g/mol. The molecule has 1 aromatic carbocycles. The molecule has 20 heavy (non-hydrogen) atoms. The fourth-order valence-electron chi connectivity index (χ4n) is 2.85.